The summed E-state index contributed by atoms with van der Waals surface area (Å²) in [5.74, 6) is 2.26. The third-order valence-corrected chi connectivity index (χ3v) is 4.24. The van der Waals surface area contributed by atoms with E-state index in [-0.39, 0.29) is 13.0 Å². The molecule has 2 N–H and O–H groups in total. The standard InChI is InChI=1S/C20H17BrClN3O4/c1-3-8-29-20-16(21)9-13(10-17(20)28-2)12-23-25-19(27)11-18(26)24-15-6-4-14(22)5-7-15/h1,4-7,9-10,12H,8,11H2,2H3,(H,24,26)(H,25,27). The molecule has 0 saturated heterocycles. The van der Waals surface area contributed by atoms with Crippen LogP contribution in [0, 0.1) is 12.3 Å². The van der Waals surface area contributed by atoms with Crippen LogP contribution in [-0.4, -0.2) is 31.7 Å². The first kappa shape index (κ1) is 22.3. The maximum absolute atomic E-state index is 11.9. The van der Waals surface area contributed by atoms with E-state index < -0.39 is 11.8 Å². The molecule has 0 bridgehead atoms. The minimum Gasteiger partial charge on any atom is -0.493 e. The van der Waals surface area contributed by atoms with E-state index in [1.807, 2.05) is 0 Å². The van der Waals surface area contributed by atoms with E-state index in [1.165, 1.54) is 13.3 Å². The average molecular weight is 479 g/mol. The number of terminal acetylenes is 1. The molecular formula is C20H17BrClN3O4. The van der Waals surface area contributed by atoms with E-state index in [0.717, 1.165) is 0 Å². The Balaban J connectivity index is 1.92. The summed E-state index contributed by atoms with van der Waals surface area (Å²) in [4.78, 5) is 23.8. The molecule has 0 heterocycles. The van der Waals surface area contributed by atoms with Gasteiger partial charge in [0.1, 0.15) is 13.0 Å². The molecule has 0 aliphatic heterocycles. The molecule has 0 aliphatic carbocycles. The van der Waals surface area contributed by atoms with E-state index in [4.69, 9.17) is 27.5 Å². The summed E-state index contributed by atoms with van der Waals surface area (Å²) in [6, 6.07) is 9.93. The van der Waals surface area contributed by atoms with Crippen molar-refractivity contribution in [1.29, 1.82) is 0 Å². The number of hydrazone groups is 1. The highest BCUT2D eigenvalue weighted by atomic mass is 79.9. The normalized spacial score (nSPS) is 10.3. The predicted molar refractivity (Wildman–Crippen MR) is 115 cm³/mol. The Kier molecular flexibility index (Phi) is 8.52. The second kappa shape index (κ2) is 11.1. The zero-order valence-electron chi connectivity index (χ0n) is 15.4. The topological polar surface area (TPSA) is 89.0 Å². The van der Waals surface area contributed by atoms with Gasteiger partial charge in [0.05, 0.1) is 17.8 Å². The Morgan fingerprint density at radius 1 is 1.28 bits per heavy atom. The number of ether oxygens (including phenoxy) is 2. The van der Waals surface area contributed by atoms with Crippen molar-refractivity contribution in [2.45, 2.75) is 6.42 Å². The smallest absolute Gasteiger partial charge is 0.249 e. The summed E-state index contributed by atoms with van der Waals surface area (Å²) in [7, 11) is 1.49. The number of nitrogens with one attached hydrogen (secondary N) is 2. The summed E-state index contributed by atoms with van der Waals surface area (Å²) in [6.45, 7) is 0.0938. The third kappa shape index (κ3) is 7.14. The van der Waals surface area contributed by atoms with Crippen molar-refractivity contribution >= 4 is 51.2 Å². The fraction of sp³-hybridized carbons (Fsp3) is 0.150. The van der Waals surface area contributed by atoms with Crippen LogP contribution in [0.5, 0.6) is 11.5 Å². The molecule has 9 heteroatoms. The largest absolute Gasteiger partial charge is 0.493 e. The SMILES string of the molecule is C#CCOc1c(Br)cc(C=NNC(=O)CC(=O)Nc2ccc(Cl)cc2)cc1OC. The van der Waals surface area contributed by atoms with Gasteiger partial charge in [-0.1, -0.05) is 17.5 Å². The van der Waals surface area contributed by atoms with Gasteiger partial charge in [-0.15, -0.1) is 6.42 Å². The Morgan fingerprint density at radius 2 is 2.00 bits per heavy atom. The van der Waals surface area contributed by atoms with Crippen LogP contribution >= 0.6 is 27.5 Å². The molecule has 29 heavy (non-hydrogen) atoms. The van der Waals surface area contributed by atoms with E-state index >= 15 is 0 Å². The van der Waals surface area contributed by atoms with Crippen LogP contribution in [0.2, 0.25) is 5.02 Å². The van der Waals surface area contributed by atoms with Crippen molar-refractivity contribution in [2.75, 3.05) is 19.0 Å². The molecule has 0 unspecified atom stereocenters. The number of anilines is 1. The quantitative estimate of drug-likeness (QED) is 0.263. The maximum Gasteiger partial charge on any atom is 0.249 e. The van der Waals surface area contributed by atoms with E-state index in [9.17, 15) is 9.59 Å². The first-order valence-electron chi connectivity index (χ1n) is 8.24. The Bertz CT molecular complexity index is 955. The van der Waals surface area contributed by atoms with E-state index in [0.29, 0.717) is 32.2 Å². The summed E-state index contributed by atoms with van der Waals surface area (Å²) in [5, 5.41) is 6.99. The van der Waals surface area contributed by atoms with Crippen LogP contribution in [0.15, 0.2) is 46.0 Å². The lowest BCUT2D eigenvalue weighted by molar-refractivity contribution is -0.126. The molecule has 150 valence electrons. The van der Waals surface area contributed by atoms with Gasteiger partial charge in [-0.2, -0.15) is 5.10 Å². The highest BCUT2D eigenvalue weighted by Crippen LogP contribution is 2.36. The van der Waals surface area contributed by atoms with Crippen LogP contribution in [-0.2, 0) is 9.59 Å². The Labute approximate surface area is 181 Å². The van der Waals surface area contributed by atoms with Crippen LogP contribution < -0.4 is 20.2 Å². The van der Waals surface area contributed by atoms with E-state index in [1.54, 1.807) is 36.4 Å². The lowest BCUT2D eigenvalue weighted by Gasteiger charge is -2.11. The summed E-state index contributed by atoms with van der Waals surface area (Å²) in [6.07, 6.45) is 6.23. The van der Waals surface area contributed by atoms with Crippen LogP contribution in [0.4, 0.5) is 5.69 Å². The molecule has 0 spiro atoms. The Morgan fingerprint density at radius 3 is 2.66 bits per heavy atom. The van der Waals surface area contributed by atoms with Gasteiger partial charge in [0.15, 0.2) is 11.5 Å². The molecule has 2 rings (SSSR count). The van der Waals surface area contributed by atoms with Crippen molar-refractivity contribution in [3.05, 3.63) is 51.5 Å². The van der Waals surface area contributed by atoms with Gasteiger partial charge in [-0.3, -0.25) is 9.59 Å². The fourth-order valence-electron chi connectivity index (χ4n) is 2.17. The van der Waals surface area contributed by atoms with Gasteiger partial charge in [0, 0.05) is 10.7 Å². The molecule has 2 amide bonds. The van der Waals surface area contributed by atoms with Crippen molar-refractivity contribution in [3.8, 4) is 23.8 Å². The number of carbonyl (C=O) groups is 2. The number of amides is 2. The maximum atomic E-state index is 11.9. The molecule has 2 aromatic carbocycles. The molecule has 2 aromatic rings. The number of carbonyl (C=O) groups excluding carboxylic acids is 2. The van der Waals surface area contributed by atoms with Gasteiger partial charge in [0.25, 0.3) is 0 Å². The first-order chi connectivity index (χ1) is 13.9. The zero-order chi connectivity index (χ0) is 21.2. The molecule has 0 fully saturated rings. The van der Waals surface area contributed by atoms with Crippen molar-refractivity contribution in [2.24, 2.45) is 5.10 Å². The number of benzene rings is 2. The van der Waals surface area contributed by atoms with Crippen molar-refractivity contribution in [3.63, 3.8) is 0 Å². The number of hydrogen-bond acceptors (Lipinski definition) is 5. The fourth-order valence-corrected chi connectivity index (χ4v) is 2.87. The van der Waals surface area contributed by atoms with Crippen LogP contribution in [0.3, 0.4) is 0 Å². The molecule has 0 saturated carbocycles. The number of hydrogen-bond donors (Lipinski definition) is 2. The van der Waals surface area contributed by atoms with E-state index in [2.05, 4.69) is 37.7 Å². The minimum atomic E-state index is -0.562. The Hall–Kier alpha value is -3.02. The first-order valence-corrected chi connectivity index (χ1v) is 9.41. The zero-order valence-corrected chi connectivity index (χ0v) is 17.7. The van der Waals surface area contributed by atoms with Crippen molar-refractivity contribution in [1.82, 2.24) is 5.43 Å². The van der Waals surface area contributed by atoms with Gasteiger partial charge in [0.2, 0.25) is 11.8 Å². The number of methoxy groups -OCH3 is 1. The highest BCUT2D eigenvalue weighted by molar-refractivity contribution is 9.10. The monoisotopic (exact) mass is 477 g/mol. The van der Waals surface area contributed by atoms with Gasteiger partial charge in [-0.25, -0.2) is 5.43 Å². The molecule has 0 aromatic heterocycles. The number of rotatable bonds is 8. The molecule has 0 radical (unpaired) electrons. The summed E-state index contributed by atoms with van der Waals surface area (Å²) < 4.78 is 11.3. The molecule has 0 atom stereocenters. The molecule has 0 aliphatic rings. The number of nitrogens with zero attached hydrogens (tertiary/aromatic N) is 1. The summed E-state index contributed by atoms with van der Waals surface area (Å²) >= 11 is 9.16. The molecular weight excluding hydrogens is 462 g/mol. The third-order valence-electron chi connectivity index (χ3n) is 3.40. The van der Waals surface area contributed by atoms with Gasteiger partial charge in [-0.05, 0) is 57.9 Å². The highest BCUT2D eigenvalue weighted by Gasteiger charge is 2.11. The average Bonchev–Trinajstić information content (AvgIpc) is 2.68. The number of halogens is 2. The molecule has 7 nitrogen and oxygen atoms in total. The lowest BCUT2D eigenvalue weighted by atomic mass is 10.2. The van der Waals surface area contributed by atoms with Crippen LogP contribution in [0.1, 0.15) is 12.0 Å². The lowest BCUT2D eigenvalue weighted by Crippen LogP contribution is -2.24. The second-order valence-electron chi connectivity index (χ2n) is 5.55. The van der Waals surface area contributed by atoms with Gasteiger partial charge < -0.3 is 14.8 Å². The second-order valence-corrected chi connectivity index (χ2v) is 6.84. The summed E-state index contributed by atoms with van der Waals surface area (Å²) in [5.41, 5.74) is 3.47. The van der Waals surface area contributed by atoms with Crippen LogP contribution in [0.25, 0.3) is 0 Å². The van der Waals surface area contributed by atoms with Gasteiger partial charge >= 0.3 is 0 Å². The minimum absolute atomic E-state index is 0.0938. The predicted octanol–water partition coefficient (Wildman–Crippen LogP) is 3.60. The van der Waals surface area contributed by atoms with Crippen molar-refractivity contribution < 1.29 is 19.1 Å².